The zero-order valence-corrected chi connectivity index (χ0v) is 18.1. The van der Waals surface area contributed by atoms with Crippen molar-refractivity contribution in [1.82, 2.24) is 10.2 Å². The second kappa shape index (κ2) is 10.4. The number of para-hydroxylation sites is 1. The fourth-order valence-corrected chi connectivity index (χ4v) is 3.17. The lowest BCUT2D eigenvalue weighted by molar-refractivity contribution is 0.373. The minimum absolute atomic E-state index is 0. The fraction of sp³-hybridized carbons (Fsp3) is 0.533. The third-order valence-electron chi connectivity index (χ3n) is 3.74. The van der Waals surface area contributed by atoms with Crippen LogP contribution in [-0.4, -0.2) is 64.3 Å². The molecule has 1 heterocycles. The SMILES string of the molecule is CCNC(=NCCS(N)(=O)=O)N1CCN(c2ccccc2Cl)CC1.I. The fourth-order valence-electron chi connectivity index (χ4n) is 2.57. The van der Waals surface area contributed by atoms with Crippen LogP contribution in [0, 0.1) is 0 Å². The molecule has 0 aliphatic carbocycles. The van der Waals surface area contributed by atoms with Gasteiger partial charge in [0.25, 0.3) is 0 Å². The summed E-state index contributed by atoms with van der Waals surface area (Å²) in [6.07, 6.45) is 0. The Kier molecular flexibility index (Phi) is 9.25. The molecule has 1 aliphatic heterocycles. The number of guanidine groups is 1. The Morgan fingerprint density at radius 3 is 2.48 bits per heavy atom. The van der Waals surface area contributed by atoms with Gasteiger partial charge in [-0.25, -0.2) is 13.6 Å². The molecule has 2 rings (SSSR count). The number of halogens is 2. The van der Waals surface area contributed by atoms with E-state index >= 15 is 0 Å². The van der Waals surface area contributed by atoms with Gasteiger partial charge in [0, 0.05) is 32.7 Å². The molecule has 25 heavy (non-hydrogen) atoms. The van der Waals surface area contributed by atoms with E-state index < -0.39 is 10.0 Å². The van der Waals surface area contributed by atoms with E-state index in [0.29, 0.717) is 0 Å². The Hall–Kier alpha value is -0.780. The molecule has 0 radical (unpaired) electrons. The molecule has 1 saturated heterocycles. The Balaban J connectivity index is 0.00000312. The molecule has 1 aromatic carbocycles. The number of hydrogen-bond acceptors (Lipinski definition) is 4. The van der Waals surface area contributed by atoms with Crippen LogP contribution in [0.15, 0.2) is 29.3 Å². The third kappa shape index (κ3) is 7.16. The molecule has 0 bridgehead atoms. The minimum atomic E-state index is -3.49. The van der Waals surface area contributed by atoms with Crippen LogP contribution in [-0.2, 0) is 10.0 Å². The van der Waals surface area contributed by atoms with Crippen LogP contribution in [0.4, 0.5) is 5.69 Å². The van der Waals surface area contributed by atoms with E-state index in [1.807, 2.05) is 31.2 Å². The van der Waals surface area contributed by atoms with Gasteiger partial charge in [-0.3, -0.25) is 4.99 Å². The van der Waals surface area contributed by atoms with Crippen molar-refractivity contribution in [3.05, 3.63) is 29.3 Å². The first-order valence-corrected chi connectivity index (χ1v) is 10.0. The quantitative estimate of drug-likeness (QED) is 0.361. The van der Waals surface area contributed by atoms with E-state index in [1.54, 1.807) is 0 Å². The number of nitrogens with one attached hydrogen (secondary N) is 1. The molecule has 10 heteroatoms. The van der Waals surface area contributed by atoms with Crippen molar-refractivity contribution in [2.45, 2.75) is 6.92 Å². The van der Waals surface area contributed by atoms with Gasteiger partial charge in [0.05, 0.1) is 23.0 Å². The van der Waals surface area contributed by atoms with Crippen LogP contribution in [0.5, 0.6) is 0 Å². The van der Waals surface area contributed by atoms with Crippen molar-refractivity contribution in [3.8, 4) is 0 Å². The molecule has 1 fully saturated rings. The maximum Gasteiger partial charge on any atom is 0.210 e. The summed E-state index contributed by atoms with van der Waals surface area (Å²) in [6.45, 7) is 6.07. The number of anilines is 1. The molecule has 7 nitrogen and oxygen atoms in total. The molecule has 0 spiro atoms. The molecule has 0 aromatic heterocycles. The molecule has 1 aliphatic rings. The van der Waals surface area contributed by atoms with Crippen LogP contribution < -0.4 is 15.4 Å². The monoisotopic (exact) mass is 501 g/mol. The van der Waals surface area contributed by atoms with Crippen LogP contribution in [0.2, 0.25) is 5.02 Å². The number of rotatable bonds is 5. The van der Waals surface area contributed by atoms with Crippen molar-refractivity contribution < 1.29 is 8.42 Å². The van der Waals surface area contributed by atoms with E-state index in [0.717, 1.165) is 49.4 Å². The maximum absolute atomic E-state index is 11.0. The van der Waals surface area contributed by atoms with Crippen molar-refractivity contribution in [2.75, 3.05) is 49.9 Å². The number of nitrogens with two attached hydrogens (primary N) is 1. The first-order chi connectivity index (χ1) is 11.4. The topological polar surface area (TPSA) is 91.0 Å². The average Bonchev–Trinajstić information content (AvgIpc) is 2.54. The first-order valence-electron chi connectivity index (χ1n) is 7.94. The molecule has 3 N–H and O–H groups in total. The maximum atomic E-state index is 11.0. The Labute approximate surface area is 171 Å². The summed E-state index contributed by atoms with van der Waals surface area (Å²) in [7, 11) is -3.49. The number of sulfonamides is 1. The normalized spacial score (nSPS) is 15.7. The smallest absolute Gasteiger partial charge is 0.210 e. The lowest BCUT2D eigenvalue weighted by Gasteiger charge is -2.38. The van der Waals surface area contributed by atoms with E-state index in [2.05, 4.69) is 20.1 Å². The molecule has 142 valence electrons. The average molecular weight is 502 g/mol. The molecule has 0 atom stereocenters. The number of primary sulfonamides is 1. The highest BCUT2D eigenvalue weighted by atomic mass is 127. The molecular formula is C15H25ClIN5O2S. The van der Waals surface area contributed by atoms with Crippen LogP contribution >= 0.6 is 35.6 Å². The predicted molar refractivity (Wildman–Crippen MR) is 115 cm³/mol. The highest BCUT2D eigenvalue weighted by Crippen LogP contribution is 2.25. The molecule has 0 unspecified atom stereocenters. The lowest BCUT2D eigenvalue weighted by atomic mass is 10.2. The van der Waals surface area contributed by atoms with E-state index in [9.17, 15) is 8.42 Å². The van der Waals surface area contributed by atoms with Gasteiger partial charge in [0.2, 0.25) is 10.0 Å². The van der Waals surface area contributed by atoms with Crippen molar-refractivity contribution in [3.63, 3.8) is 0 Å². The van der Waals surface area contributed by atoms with Gasteiger partial charge < -0.3 is 15.1 Å². The molecule has 0 amide bonds. The van der Waals surface area contributed by atoms with Crippen LogP contribution in [0.25, 0.3) is 0 Å². The zero-order valence-electron chi connectivity index (χ0n) is 14.2. The minimum Gasteiger partial charge on any atom is -0.367 e. The van der Waals surface area contributed by atoms with Gasteiger partial charge in [0.15, 0.2) is 5.96 Å². The summed E-state index contributed by atoms with van der Waals surface area (Å²) in [5.41, 5.74) is 1.04. The van der Waals surface area contributed by atoms with Gasteiger partial charge in [-0.15, -0.1) is 24.0 Å². The second-order valence-electron chi connectivity index (χ2n) is 5.53. The summed E-state index contributed by atoms with van der Waals surface area (Å²) < 4.78 is 22.1. The number of benzene rings is 1. The third-order valence-corrected chi connectivity index (χ3v) is 4.82. The summed E-state index contributed by atoms with van der Waals surface area (Å²) in [5, 5.41) is 8.97. The van der Waals surface area contributed by atoms with Gasteiger partial charge in [-0.05, 0) is 19.1 Å². The van der Waals surface area contributed by atoms with Crippen molar-refractivity contribution >= 4 is 57.2 Å². The van der Waals surface area contributed by atoms with Gasteiger partial charge in [-0.2, -0.15) is 0 Å². The van der Waals surface area contributed by atoms with E-state index in [1.165, 1.54) is 0 Å². The Bertz CT molecular complexity index is 678. The van der Waals surface area contributed by atoms with Gasteiger partial charge in [-0.1, -0.05) is 23.7 Å². The molecule has 0 saturated carbocycles. The number of nitrogens with zero attached hydrogens (tertiary/aromatic N) is 3. The van der Waals surface area contributed by atoms with Crippen LogP contribution in [0.3, 0.4) is 0 Å². The highest BCUT2D eigenvalue weighted by Gasteiger charge is 2.21. The second-order valence-corrected chi connectivity index (χ2v) is 7.67. The predicted octanol–water partition coefficient (Wildman–Crippen LogP) is 1.33. The first kappa shape index (κ1) is 22.3. The number of piperazine rings is 1. The lowest BCUT2D eigenvalue weighted by Crippen LogP contribution is -2.52. The van der Waals surface area contributed by atoms with E-state index in [-0.39, 0.29) is 36.3 Å². The summed E-state index contributed by atoms with van der Waals surface area (Å²) >= 11 is 6.26. The van der Waals surface area contributed by atoms with Crippen molar-refractivity contribution in [2.24, 2.45) is 10.1 Å². The Morgan fingerprint density at radius 2 is 1.92 bits per heavy atom. The zero-order chi connectivity index (χ0) is 17.6. The molecular weight excluding hydrogens is 477 g/mol. The van der Waals surface area contributed by atoms with Crippen LogP contribution in [0.1, 0.15) is 6.92 Å². The molecule has 1 aromatic rings. The van der Waals surface area contributed by atoms with Crippen molar-refractivity contribution in [1.29, 1.82) is 0 Å². The van der Waals surface area contributed by atoms with E-state index in [4.69, 9.17) is 16.7 Å². The largest absolute Gasteiger partial charge is 0.367 e. The Morgan fingerprint density at radius 1 is 1.28 bits per heavy atom. The summed E-state index contributed by atoms with van der Waals surface area (Å²) in [5.74, 6) is 0.571. The van der Waals surface area contributed by atoms with Gasteiger partial charge >= 0.3 is 0 Å². The highest BCUT2D eigenvalue weighted by molar-refractivity contribution is 14.0. The summed E-state index contributed by atoms with van der Waals surface area (Å²) in [4.78, 5) is 8.73. The number of aliphatic imine (C=N–C) groups is 1. The standard InChI is InChI=1S/C15H24ClN5O2S.HI/c1-2-18-15(19-7-12-24(17,22)23)21-10-8-20(9-11-21)14-6-4-3-5-13(14)16;/h3-6H,2,7-12H2,1H3,(H,18,19)(H2,17,22,23);1H. The summed E-state index contributed by atoms with van der Waals surface area (Å²) in [6, 6.07) is 7.81. The van der Waals surface area contributed by atoms with Gasteiger partial charge in [0.1, 0.15) is 0 Å². The number of hydrogen-bond donors (Lipinski definition) is 2.